The smallest absolute Gasteiger partial charge is 0.143 e. The third-order valence-corrected chi connectivity index (χ3v) is 12.1. The topological polar surface area (TPSA) is 13.1 Å². The first-order valence-electron chi connectivity index (χ1n) is 18.4. The van der Waals surface area contributed by atoms with Crippen LogP contribution in [0.3, 0.4) is 0 Å². The summed E-state index contributed by atoms with van der Waals surface area (Å²) in [5.74, 6) is 0. The van der Waals surface area contributed by atoms with Gasteiger partial charge in [-0.3, -0.25) is 0 Å². The number of furan rings is 1. The molecule has 0 aliphatic carbocycles. The van der Waals surface area contributed by atoms with E-state index in [-0.39, 0.29) is 0 Å². The molecule has 0 N–H and O–H groups in total. The van der Waals surface area contributed by atoms with E-state index in [1.54, 1.807) is 0 Å². The summed E-state index contributed by atoms with van der Waals surface area (Å²) >= 11 is 0. The van der Waals surface area contributed by atoms with E-state index in [9.17, 15) is 0 Å². The van der Waals surface area contributed by atoms with Crippen LogP contribution in [0, 0.1) is 0 Å². The molecule has 0 fully saturated rings. The Labute approximate surface area is 303 Å². The molecule has 13 rings (SSSR count). The molecule has 0 aliphatic heterocycles. The molecular formula is C52H28O. The number of hydrogen-bond donors (Lipinski definition) is 0. The van der Waals surface area contributed by atoms with Gasteiger partial charge >= 0.3 is 0 Å². The fraction of sp³-hybridized carbons (Fsp3) is 0. The maximum atomic E-state index is 7.14. The van der Waals surface area contributed by atoms with Crippen LogP contribution in [0.25, 0.3) is 130 Å². The average molecular weight is 669 g/mol. The zero-order valence-electron chi connectivity index (χ0n) is 28.6. The van der Waals surface area contributed by atoms with Gasteiger partial charge in [-0.15, -0.1) is 0 Å². The van der Waals surface area contributed by atoms with Gasteiger partial charge in [0.15, 0.2) is 0 Å². The Morgan fingerprint density at radius 1 is 0.226 bits per heavy atom. The van der Waals surface area contributed by atoms with Crippen molar-refractivity contribution in [3.63, 3.8) is 0 Å². The molecule has 0 radical (unpaired) electrons. The van der Waals surface area contributed by atoms with Crippen LogP contribution in [0.5, 0.6) is 0 Å². The Balaban J connectivity index is 1.21. The van der Waals surface area contributed by atoms with Crippen LogP contribution >= 0.6 is 0 Å². The fourth-order valence-electron chi connectivity index (χ4n) is 9.81. The fourth-order valence-corrected chi connectivity index (χ4v) is 9.81. The SMILES string of the molecule is c1ccc2c(c1)ccc1c2oc2c3cccc(-c4ccc5ccc6cccc7ccc4c5c67)c3cc(-c3ccc4ccc5cccc6ccc3c4c56)c12. The van der Waals surface area contributed by atoms with E-state index in [0.717, 1.165) is 27.3 Å². The molecule has 0 saturated heterocycles. The van der Waals surface area contributed by atoms with E-state index in [4.69, 9.17) is 4.42 Å². The van der Waals surface area contributed by atoms with E-state index in [2.05, 4.69) is 170 Å². The monoisotopic (exact) mass is 668 g/mol. The van der Waals surface area contributed by atoms with Crippen LogP contribution in [-0.4, -0.2) is 0 Å². The van der Waals surface area contributed by atoms with Crippen LogP contribution < -0.4 is 0 Å². The van der Waals surface area contributed by atoms with Gasteiger partial charge in [0.05, 0.1) is 0 Å². The summed E-state index contributed by atoms with van der Waals surface area (Å²) in [5, 5.41) is 22.5. The molecule has 0 amide bonds. The number of fused-ring (bicyclic) bond motifs is 7. The molecule has 0 atom stereocenters. The highest BCUT2D eigenvalue weighted by molar-refractivity contribution is 6.31. The Hall–Kier alpha value is -6.96. The average Bonchev–Trinajstić information content (AvgIpc) is 3.62. The Kier molecular flexibility index (Phi) is 5.17. The second kappa shape index (κ2) is 9.88. The van der Waals surface area contributed by atoms with Crippen molar-refractivity contribution in [1.29, 1.82) is 0 Å². The van der Waals surface area contributed by atoms with Crippen LogP contribution in [0.2, 0.25) is 0 Å². The molecule has 0 saturated carbocycles. The molecule has 13 aromatic rings. The standard InChI is InChI=1S/C52H28O/c1-2-11-36-29(6-1)18-27-43-50-45(39-24-20-35-17-15-31-8-4-10-33-22-26-41(39)49(35)47(31)33)28-44-37(12-5-13-42(44)52(50)53-51(36)43)38-23-19-34-16-14-30-7-3-9-32-21-25-40(38)48(34)46(30)32/h1-28H. The van der Waals surface area contributed by atoms with E-state index in [0.29, 0.717) is 0 Å². The molecule has 0 bridgehead atoms. The first-order valence-corrected chi connectivity index (χ1v) is 18.4. The van der Waals surface area contributed by atoms with Crippen molar-refractivity contribution in [3.8, 4) is 22.3 Å². The maximum Gasteiger partial charge on any atom is 0.143 e. The molecule has 0 aliphatic rings. The predicted octanol–water partition coefficient (Wildman–Crippen LogP) is 15.0. The minimum Gasteiger partial charge on any atom is -0.455 e. The van der Waals surface area contributed by atoms with Crippen molar-refractivity contribution in [2.75, 3.05) is 0 Å². The van der Waals surface area contributed by atoms with Crippen LogP contribution in [0.1, 0.15) is 0 Å². The van der Waals surface area contributed by atoms with Gasteiger partial charge < -0.3 is 4.42 Å². The molecule has 1 heterocycles. The van der Waals surface area contributed by atoms with E-state index < -0.39 is 0 Å². The first-order chi connectivity index (χ1) is 26.3. The molecule has 1 heteroatoms. The van der Waals surface area contributed by atoms with Crippen molar-refractivity contribution in [3.05, 3.63) is 170 Å². The minimum absolute atomic E-state index is 0.939. The summed E-state index contributed by atoms with van der Waals surface area (Å²) in [4.78, 5) is 0. The van der Waals surface area contributed by atoms with Crippen LogP contribution in [0.15, 0.2) is 174 Å². The molecule has 0 spiro atoms. The van der Waals surface area contributed by atoms with E-state index in [1.165, 1.54) is 103 Å². The highest BCUT2D eigenvalue weighted by Crippen LogP contribution is 2.49. The van der Waals surface area contributed by atoms with E-state index in [1.807, 2.05) is 0 Å². The third-order valence-electron chi connectivity index (χ3n) is 12.1. The molecule has 0 unspecified atom stereocenters. The molecule has 1 nitrogen and oxygen atoms in total. The zero-order chi connectivity index (χ0) is 34.4. The Morgan fingerprint density at radius 3 is 1.34 bits per heavy atom. The normalized spacial score (nSPS) is 12.5. The lowest BCUT2D eigenvalue weighted by Gasteiger charge is -2.17. The van der Waals surface area contributed by atoms with Crippen molar-refractivity contribution in [2.45, 2.75) is 0 Å². The summed E-state index contributed by atoms with van der Waals surface area (Å²) in [6.45, 7) is 0. The van der Waals surface area contributed by atoms with E-state index >= 15 is 0 Å². The molecular weight excluding hydrogens is 641 g/mol. The molecule has 53 heavy (non-hydrogen) atoms. The van der Waals surface area contributed by atoms with Gasteiger partial charge in [0.25, 0.3) is 0 Å². The van der Waals surface area contributed by atoms with Crippen molar-refractivity contribution < 1.29 is 4.42 Å². The van der Waals surface area contributed by atoms with Gasteiger partial charge in [0.1, 0.15) is 11.2 Å². The zero-order valence-corrected chi connectivity index (χ0v) is 28.6. The highest BCUT2D eigenvalue weighted by atomic mass is 16.3. The minimum atomic E-state index is 0.939. The molecule has 242 valence electrons. The second-order valence-corrected chi connectivity index (χ2v) is 14.7. The van der Waals surface area contributed by atoms with Crippen molar-refractivity contribution >= 4 is 108 Å². The third kappa shape index (κ3) is 3.56. The Bertz CT molecular complexity index is 3640. The van der Waals surface area contributed by atoms with Gasteiger partial charge in [-0.2, -0.15) is 0 Å². The maximum absolute atomic E-state index is 7.14. The molecule has 1 aromatic heterocycles. The lowest BCUT2D eigenvalue weighted by Crippen LogP contribution is -1.91. The van der Waals surface area contributed by atoms with Gasteiger partial charge in [-0.25, -0.2) is 0 Å². The lowest BCUT2D eigenvalue weighted by molar-refractivity contribution is 0.676. The van der Waals surface area contributed by atoms with Crippen molar-refractivity contribution in [1.82, 2.24) is 0 Å². The summed E-state index contributed by atoms with van der Waals surface area (Å²) in [7, 11) is 0. The number of benzene rings is 12. The lowest BCUT2D eigenvalue weighted by atomic mass is 9.85. The van der Waals surface area contributed by atoms with Gasteiger partial charge in [0.2, 0.25) is 0 Å². The van der Waals surface area contributed by atoms with Crippen molar-refractivity contribution in [2.24, 2.45) is 0 Å². The quantitative estimate of drug-likeness (QED) is 0.167. The van der Waals surface area contributed by atoms with Gasteiger partial charge in [0, 0.05) is 21.5 Å². The van der Waals surface area contributed by atoms with Crippen LogP contribution in [-0.2, 0) is 0 Å². The number of rotatable bonds is 2. The Morgan fingerprint density at radius 2 is 0.679 bits per heavy atom. The second-order valence-electron chi connectivity index (χ2n) is 14.7. The van der Waals surface area contributed by atoms with Gasteiger partial charge in [-0.05, 0) is 110 Å². The van der Waals surface area contributed by atoms with Gasteiger partial charge in [-0.1, -0.05) is 158 Å². The molecule has 12 aromatic carbocycles. The summed E-state index contributed by atoms with van der Waals surface area (Å²) in [6.07, 6.45) is 0. The first kappa shape index (κ1) is 27.7. The summed E-state index contributed by atoms with van der Waals surface area (Å²) in [5.41, 5.74) is 6.76. The van der Waals surface area contributed by atoms with Crippen LogP contribution in [0.4, 0.5) is 0 Å². The number of hydrogen-bond acceptors (Lipinski definition) is 1. The highest BCUT2D eigenvalue weighted by Gasteiger charge is 2.22. The summed E-state index contributed by atoms with van der Waals surface area (Å²) in [6, 6.07) is 63.1. The predicted molar refractivity (Wildman–Crippen MR) is 227 cm³/mol. The summed E-state index contributed by atoms with van der Waals surface area (Å²) < 4.78 is 7.14. The largest absolute Gasteiger partial charge is 0.455 e.